The maximum absolute atomic E-state index is 12.7. The molecule has 13 heteroatoms. The summed E-state index contributed by atoms with van der Waals surface area (Å²) < 4.78 is 10.5. The first-order valence-electron chi connectivity index (χ1n) is 10.7. The maximum Gasteiger partial charge on any atom is 0.274 e. The van der Waals surface area contributed by atoms with Crippen LogP contribution in [0.3, 0.4) is 0 Å². The van der Waals surface area contributed by atoms with Gasteiger partial charge in [0, 0.05) is 16.7 Å². The summed E-state index contributed by atoms with van der Waals surface area (Å²) in [5.74, 6) is -1.42. The molecule has 0 saturated carbocycles. The van der Waals surface area contributed by atoms with E-state index in [-0.39, 0.29) is 45.9 Å². The van der Waals surface area contributed by atoms with E-state index in [1.807, 2.05) is 13.8 Å². The number of hydrogen-bond acceptors (Lipinski definition) is 8. The lowest BCUT2D eigenvalue weighted by atomic mass is 10.0. The number of nitro benzene ring substituents is 1. The fraction of sp³-hybridized carbons (Fsp3) is 0.348. The molecule has 2 atom stereocenters. The van der Waals surface area contributed by atoms with Crippen LogP contribution in [0, 0.1) is 16.0 Å². The highest BCUT2D eigenvalue weighted by molar-refractivity contribution is 6.35. The van der Waals surface area contributed by atoms with Gasteiger partial charge in [-0.05, 0) is 37.5 Å². The summed E-state index contributed by atoms with van der Waals surface area (Å²) in [4.78, 5) is 35.9. The van der Waals surface area contributed by atoms with Gasteiger partial charge >= 0.3 is 0 Å². The number of aromatic hydroxyl groups is 1. The summed E-state index contributed by atoms with van der Waals surface area (Å²) in [7, 11) is 1.24. The van der Waals surface area contributed by atoms with Gasteiger partial charge in [0.15, 0.2) is 17.6 Å². The Morgan fingerprint density at radius 2 is 1.86 bits per heavy atom. The number of hydrogen-bond donors (Lipinski definition) is 3. The normalized spacial score (nSPS) is 12.8. The fourth-order valence-corrected chi connectivity index (χ4v) is 3.48. The minimum Gasteiger partial charge on any atom is -0.504 e. The van der Waals surface area contributed by atoms with Crippen LogP contribution in [0.15, 0.2) is 35.4 Å². The number of phenols is 1. The Hall–Kier alpha value is -3.57. The quantitative estimate of drug-likeness (QED) is 0.220. The van der Waals surface area contributed by atoms with E-state index in [2.05, 4.69) is 15.8 Å². The predicted molar refractivity (Wildman–Crippen MR) is 135 cm³/mol. The van der Waals surface area contributed by atoms with Crippen LogP contribution in [-0.2, 0) is 9.59 Å². The zero-order valence-electron chi connectivity index (χ0n) is 20.0. The number of carbonyl (C=O) groups is 2. The predicted octanol–water partition coefficient (Wildman–Crippen LogP) is 4.06. The first-order chi connectivity index (χ1) is 16.9. The molecule has 3 N–H and O–H groups in total. The average Bonchev–Trinajstić information content (AvgIpc) is 2.80. The molecule has 0 aliphatic rings. The van der Waals surface area contributed by atoms with Crippen LogP contribution in [0.1, 0.15) is 32.8 Å². The number of halogens is 2. The number of nitrogens with one attached hydrogen (secondary N) is 2. The van der Waals surface area contributed by atoms with Gasteiger partial charge in [-0.15, -0.1) is 0 Å². The SMILES string of the molecule is COc1cc([N+](=O)[O-])cc(/C=N\NC(=O)[C@H](CC(C)C)NC(=O)[C@@H](C)Oc2ccc(Cl)cc2Cl)c1O. The molecule has 0 unspecified atom stereocenters. The Kier molecular flexibility index (Phi) is 10.3. The van der Waals surface area contributed by atoms with Crippen LogP contribution in [-0.4, -0.2) is 47.3 Å². The summed E-state index contributed by atoms with van der Waals surface area (Å²) in [5.41, 5.74) is 1.89. The summed E-state index contributed by atoms with van der Waals surface area (Å²) in [6.45, 7) is 5.24. The number of non-ortho nitro benzene ring substituents is 1. The second-order valence-corrected chi connectivity index (χ2v) is 8.95. The average molecular weight is 541 g/mol. The van der Waals surface area contributed by atoms with Crippen molar-refractivity contribution in [1.82, 2.24) is 10.7 Å². The van der Waals surface area contributed by atoms with E-state index < -0.39 is 28.9 Å². The van der Waals surface area contributed by atoms with Crippen LogP contribution < -0.4 is 20.2 Å². The number of amides is 2. The van der Waals surface area contributed by atoms with Crippen molar-refractivity contribution < 1.29 is 29.1 Å². The van der Waals surface area contributed by atoms with E-state index in [0.29, 0.717) is 5.02 Å². The van der Waals surface area contributed by atoms with Crippen LogP contribution in [0.2, 0.25) is 10.0 Å². The Labute approximate surface area is 217 Å². The van der Waals surface area contributed by atoms with Gasteiger partial charge in [-0.1, -0.05) is 37.0 Å². The minimum atomic E-state index is -0.982. The molecule has 0 saturated heterocycles. The van der Waals surface area contributed by atoms with Crippen LogP contribution in [0.4, 0.5) is 5.69 Å². The summed E-state index contributed by atoms with van der Waals surface area (Å²) >= 11 is 12.0. The molecule has 11 nitrogen and oxygen atoms in total. The third kappa shape index (κ3) is 7.99. The molecule has 0 aliphatic carbocycles. The van der Waals surface area contributed by atoms with Crippen LogP contribution >= 0.6 is 23.2 Å². The lowest BCUT2D eigenvalue weighted by Crippen LogP contribution is -2.49. The van der Waals surface area contributed by atoms with Crippen molar-refractivity contribution in [2.75, 3.05) is 7.11 Å². The Morgan fingerprint density at radius 3 is 2.44 bits per heavy atom. The lowest BCUT2D eigenvalue weighted by molar-refractivity contribution is -0.385. The fourth-order valence-electron chi connectivity index (χ4n) is 3.02. The van der Waals surface area contributed by atoms with Gasteiger partial charge in [0.2, 0.25) is 0 Å². The molecule has 0 radical (unpaired) electrons. The van der Waals surface area contributed by atoms with Crippen molar-refractivity contribution in [3.8, 4) is 17.2 Å². The number of benzene rings is 2. The zero-order chi connectivity index (χ0) is 27.0. The molecule has 0 aromatic heterocycles. The number of phenolic OH excluding ortho intramolecular Hbond substituents is 1. The number of carbonyl (C=O) groups excluding carboxylic acids is 2. The molecule has 2 aromatic rings. The van der Waals surface area contributed by atoms with Crippen molar-refractivity contribution in [3.05, 3.63) is 56.1 Å². The van der Waals surface area contributed by atoms with Crippen molar-refractivity contribution in [2.24, 2.45) is 11.0 Å². The number of rotatable bonds is 11. The van der Waals surface area contributed by atoms with Crippen molar-refractivity contribution in [3.63, 3.8) is 0 Å². The number of nitrogens with zero attached hydrogens (tertiary/aromatic N) is 2. The van der Waals surface area contributed by atoms with Gasteiger partial charge in [-0.2, -0.15) is 5.10 Å². The molecule has 194 valence electrons. The number of hydrazone groups is 1. The third-order valence-corrected chi connectivity index (χ3v) is 5.34. The van der Waals surface area contributed by atoms with Gasteiger partial charge in [-0.3, -0.25) is 19.7 Å². The van der Waals surface area contributed by atoms with E-state index in [1.54, 1.807) is 6.07 Å². The molecular weight excluding hydrogens is 515 g/mol. The smallest absolute Gasteiger partial charge is 0.274 e. The van der Waals surface area contributed by atoms with Crippen molar-refractivity contribution >= 4 is 46.9 Å². The van der Waals surface area contributed by atoms with Gasteiger partial charge < -0.3 is 19.9 Å². The van der Waals surface area contributed by atoms with Crippen molar-refractivity contribution in [1.29, 1.82) is 0 Å². The molecule has 2 rings (SSSR count). The highest BCUT2D eigenvalue weighted by atomic mass is 35.5. The maximum atomic E-state index is 12.7. The van der Waals surface area contributed by atoms with E-state index in [9.17, 15) is 24.8 Å². The Morgan fingerprint density at radius 1 is 1.17 bits per heavy atom. The molecule has 0 bridgehead atoms. The second kappa shape index (κ2) is 12.9. The van der Waals surface area contributed by atoms with Gasteiger partial charge in [-0.25, -0.2) is 5.43 Å². The molecular formula is C23H26Cl2N4O7. The summed E-state index contributed by atoms with van der Waals surface area (Å²) in [6, 6.07) is 5.73. The first kappa shape index (κ1) is 28.7. The monoisotopic (exact) mass is 540 g/mol. The standard InChI is InChI=1S/C23H26Cl2N4O7/c1-12(2)7-18(27-22(31)13(3)36-19-6-5-15(24)9-17(19)25)23(32)28-26-11-14-8-16(29(33)34)10-20(35-4)21(14)30/h5-6,8-13,18,30H,7H2,1-4H3,(H,27,31)(H,28,32)/b26-11-/t13-,18+/m1/s1. The summed E-state index contributed by atoms with van der Waals surface area (Å²) in [5, 5.41) is 28.3. The van der Waals surface area contributed by atoms with E-state index in [0.717, 1.165) is 18.3 Å². The third-order valence-electron chi connectivity index (χ3n) is 4.81. The topological polar surface area (TPSA) is 152 Å². The molecule has 2 amide bonds. The number of nitro groups is 1. The Balaban J connectivity index is 2.11. The van der Waals surface area contributed by atoms with E-state index in [1.165, 1.54) is 26.2 Å². The number of ether oxygens (including phenoxy) is 2. The molecule has 2 aromatic carbocycles. The van der Waals surface area contributed by atoms with Gasteiger partial charge in [0.25, 0.3) is 17.5 Å². The molecule has 0 aliphatic heterocycles. The van der Waals surface area contributed by atoms with E-state index in [4.69, 9.17) is 32.7 Å². The van der Waals surface area contributed by atoms with Crippen molar-refractivity contribution in [2.45, 2.75) is 39.3 Å². The number of methoxy groups -OCH3 is 1. The molecule has 36 heavy (non-hydrogen) atoms. The molecule has 0 heterocycles. The Bertz CT molecular complexity index is 1160. The summed E-state index contributed by atoms with van der Waals surface area (Å²) in [6.07, 6.45) is 0.340. The minimum absolute atomic E-state index is 0.0389. The van der Waals surface area contributed by atoms with Crippen LogP contribution in [0.5, 0.6) is 17.2 Å². The largest absolute Gasteiger partial charge is 0.504 e. The highest BCUT2D eigenvalue weighted by Crippen LogP contribution is 2.33. The van der Waals surface area contributed by atoms with Gasteiger partial charge in [0.1, 0.15) is 11.8 Å². The van der Waals surface area contributed by atoms with Gasteiger partial charge in [0.05, 0.1) is 29.3 Å². The molecule has 0 spiro atoms. The van der Waals surface area contributed by atoms with Crippen LogP contribution in [0.25, 0.3) is 0 Å². The lowest BCUT2D eigenvalue weighted by Gasteiger charge is -2.22. The van der Waals surface area contributed by atoms with E-state index >= 15 is 0 Å². The first-order valence-corrected chi connectivity index (χ1v) is 11.5. The zero-order valence-corrected chi connectivity index (χ0v) is 21.5. The second-order valence-electron chi connectivity index (χ2n) is 8.10. The highest BCUT2D eigenvalue weighted by Gasteiger charge is 2.25. The molecule has 0 fully saturated rings.